The number of hydrogen-bond donors (Lipinski definition) is 2. The lowest BCUT2D eigenvalue weighted by Gasteiger charge is -2.26. The SMILES string of the molecule is CCC(S)COc1ccc(C(C)(C)c2ccc(OCC(S)CC)cc2)cc1. The molecule has 0 N–H and O–H groups in total. The summed E-state index contributed by atoms with van der Waals surface area (Å²) < 4.78 is 11.6. The van der Waals surface area contributed by atoms with Crippen molar-refractivity contribution in [3.63, 3.8) is 0 Å². The molecule has 2 unspecified atom stereocenters. The highest BCUT2D eigenvalue weighted by Gasteiger charge is 2.23. The molecule has 0 amide bonds. The summed E-state index contributed by atoms with van der Waals surface area (Å²) in [5, 5.41) is 0.550. The number of thiol groups is 2. The van der Waals surface area contributed by atoms with Crippen molar-refractivity contribution in [2.75, 3.05) is 13.2 Å². The largest absolute Gasteiger partial charge is 0.492 e. The summed E-state index contributed by atoms with van der Waals surface area (Å²) in [6, 6.07) is 16.8. The second-order valence-corrected chi connectivity index (χ2v) is 8.88. The molecule has 2 aromatic rings. The quantitative estimate of drug-likeness (QED) is 0.460. The third kappa shape index (κ3) is 6.39. The second kappa shape index (κ2) is 10.3. The number of ether oxygens (including phenoxy) is 2. The molecule has 2 aromatic carbocycles. The van der Waals surface area contributed by atoms with E-state index in [2.05, 4.69) is 77.2 Å². The standard InChI is InChI=1S/C23H32O2S2/c1-5-21(26)15-24-19-11-7-17(8-12-19)23(3,4)18-9-13-20(14-10-18)25-16-22(27)6-2/h7-14,21-22,26-27H,5-6,15-16H2,1-4H3. The smallest absolute Gasteiger partial charge is 0.119 e. The van der Waals surface area contributed by atoms with Crippen LogP contribution in [0.5, 0.6) is 11.5 Å². The molecular weight excluding hydrogens is 372 g/mol. The number of rotatable bonds is 10. The molecule has 0 aliphatic rings. The topological polar surface area (TPSA) is 18.5 Å². The van der Waals surface area contributed by atoms with E-state index in [1.54, 1.807) is 0 Å². The molecule has 2 atom stereocenters. The Labute approximate surface area is 175 Å². The van der Waals surface area contributed by atoms with Crippen LogP contribution < -0.4 is 9.47 Å². The van der Waals surface area contributed by atoms with Crippen molar-refractivity contribution in [3.05, 3.63) is 59.7 Å². The summed E-state index contributed by atoms with van der Waals surface area (Å²) in [5.41, 5.74) is 2.41. The Morgan fingerprint density at radius 2 is 1.04 bits per heavy atom. The predicted octanol–water partition coefficient (Wildman–Crippen LogP) is 6.19. The normalized spacial score (nSPS) is 13.9. The third-order valence-electron chi connectivity index (χ3n) is 4.98. The van der Waals surface area contributed by atoms with Crippen molar-refractivity contribution in [2.24, 2.45) is 0 Å². The van der Waals surface area contributed by atoms with Gasteiger partial charge in [0.25, 0.3) is 0 Å². The molecule has 4 heteroatoms. The summed E-state index contributed by atoms with van der Waals surface area (Å²) in [5.74, 6) is 1.78. The van der Waals surface area contributed by atoms with Gasteiger partial charge in [0, 0.05) is 15.9 Å². The maximum Gasteiger partial charge on any atom is 0.119 e. The lowest BCUT2D eigenvalue weighted by atomic mass is 9.78. The van der Waals surface area contributed by atoms with Gasteiger partial charge in [-0.2, -0.15) is 25.3 Å². The fourth-order valence-electron chi connectivity index (χ4n) is 2.72. The highest BCUT2D eigenvalue weighted by molar-refractivity contribution is 7.81. The highest BCUT2D eigenvalue weighted by Crippen LogP contribution is 2.33. The summed E-state index contributed by atoms with van der Waals surface area (Å²) in [6.45, 7) is 9.97. The monoisotopic (exact) mass is 404 g/mol. The minimum atomic E-state index is -0.0952. The molecule has 2 rings (SSSR count). The minimum Gasteiger partial charge on any atom is -0.492 e. The van der Waals surface area contributed by atoms with Crippen LogP contribution in [0.3, 0.4) is 0 Å². The van der Waals surface area contributed by atoms with Crippen LogP contribution in [0, 0.1) is 0 Å². The molecule has 0 saturated heterocycles. The molecule has 148 valence electrons. The highest BCUT2D eigenvalue weighted by atomic mass is 32.1. The van der Waals surface area contributed by atoms with Crippen molar-refractivity contribution in [1.82, 2.24) is 0 Å². The average Bonchev–Trinajstić information content (AvgIpc) is 2.70. The van der Waals surface area contributed by atoms with E-state index in [9.17, 15) is 0 Å². The fourth-order valence-corrected chi connectivity index (χ4v) is 2.87. The number of benzene rings is 2. The van der Waals surface area contributed by atoms with E-state index in [0.29, 0.717) is 13.2 Å². The molecule has 0 aliphatic carbocycles. The zero-order chi connectivity index (χ0) is 19.9. The lowest BCUT2D eigenvalue weighted by Crippen LogP contribution is -2.19. The van der Waals surface area contributed by atoms with Crippen molar-refractivity contribution in [1.29, 1.82) is 0 Å². The van der Waals surface area contributed by atoms with Gasteiger partial charge in [0.05, 0.1) is 13.2 Å². The predicted molar refractivity (Wildman–Crippen MR) is 122 cm³/mol. The van der Waals surface area contributed by atoms with Crippen LogP contribution in [0.25, 0.3) is 0 Å². The van der Waals surface area contributed by atoms with E-state index in [4.69, 9.17) is 9.47 Å². The van der Waals surface area contributed by atoms with Crippen molar-refractivity contribution in [3.8, 4) is 11.5 Å². The summed E-state index contributed by atoms with van der Waals surface area (Å²) in [4.78, 5) is 0. The Kier molecular flexibility index (Phi) is 8.43. The van der Waals surface area contributed by atoms with Gasteiger partial charge >= 0.3 is 0 Å². The van der Waals surface area contributed by atoms with Gasteiger partial charge < -0.3 is 9.47 Å². The zero-order valence-corrected chi connectivity index (χ0v) is 18.6. The van der Waals surface area contributed by atoms with E-state index < -0.39 is 0 Å². The second-order valence-electron chi connectivity index (χ2n) is 7.42. The lowest BCUT2D eigenvalue weighted by molar-refractivity contribution is 0.315. The van der Waals surface area contributed by atoms with Crippen LogP contribution in [0.15, 0.2) is 48.5 Å². The Morgan fingerprint density at radius 1 is 0.704 bits per heavy atom. The van der Waals surface area contributed by atoms with Crippen molar-refractivity contribution >= 4 is 25.3 Å². The van der Waals surface area contributed by atoms with E-state index >= 15 is 0 Å². The fraction of sp³-hybridized carbons (Fsp3) is 0.478. The molecule has 27 heavy (non-hydrogen) atoms. The maximum atomic E-state index is 5.80. The molecule has 0 saturated carbocycles. The van der Waals surface area contributed by atoms with Gasteiger partial charge in [-0.25, -0.2) is 0 Å². The van der Waals surface area contributed by atoms with Gasteiger partial charge in [0.1, 0.15) is 11.5 Å². The van der Waals surface area contributed by atoms with Crippen LogP contribution in [0.4, 0.5) is 0 Å². The summed E-state index contributed by atoms with van der Waals surface area (Å²) >= 11 is 8.95. The minimum absolute atomic E-state index is 0.0952. The maximum absolute atomic E-state index is 5.80. The van der Waals surface area contributed by atoms with Gasteiger partial charge in [-0.15, -0.1) is 0 Å². The van der Waals surface area contributed by atoms with E-state index in [1.165, 1.54) is 11.1 Å². The Bertz CT molecular complexity index is 621. The summed E-state index contributed by atoms with van der Waals surface area (Å²) in [6.07, 6.45) is 2.00. The van der Waals surface area contributed by atoms with Gasteiger partial charge in [0.15, 0.2) is 0 Å². The Balaban J connectivity index is 2.04. The molecular formula is C23H32O2S2. The van der Waals surface area contributed by atoms with Crippen LogP contribution in [0.1, 0.15) is 51.7 Å². The first kappa shape index (κ1) is 22.0. The first-order valence-corrected chi connectivity index (χ1v) is 10.7. The molecule has 0 aromatic heterocycles. The third-order valence-corrected chi connectivity index (χ3v) is 6.01. The van der Waals surface area contributed by atoms with Crippen LogP contribution in [-0.2, 0) is 5.41 Å². The van der Waals surface area contributed by atoms with E-state index in [0.717, 1.165) is 24.3 Å². The number of hydrogen-bond acceptors (Lipinski definition) is 4. The van der Waals surface area contributed by atoms with Gasteiger partial charge in [-0.05, 0) is 48.2 Å². The van der Waals surface area contributed by atoms with Crippen LogP contribution in [-0.4, -0.2) is 23.7 Å². The average molecular weight is 405 g/mol. The molecule has 0 heterocycles. The molecule has 0 radical (unpaired) electrons. The molecule has 2 nitrogen and oxygen atoms in total. The molecule has 0 fully saturated rings. The Morgan fingerprint density at radius 3 is 1.33 bits per heavy atom. The first-order valence-electron chi connectivity index (χ1n) is 9.69. The van der Waals surface area contributed by atoms with Crippen molar-refractivity contribution < 1.29 is 9.47 Å². The van der Waals surface area contributed by atoms with E-state index in [1.807, 2.05) is 24.3 Å². The summed E-state index contributed by atoms with van der Waals surface area (Å²) in [7, 11) is 0. The molecule has 0 spiro atoms. The molecule has 0 bridgehead atoms. The molecule has 0 aliphatic heterocycles. The van der Waals surface area contributed by atoms with Crippen LogP contribution in [0.2, 0.25) is 0 Å². The first-order chi connectivity index (χ1) is 12.9. The van der Waals surface area contributed by atoms with Gasteiger partial charge in [-0.1, -0.05) is 52.0 Å². The Hall–Kier alpha value is -1.26. The zero-order valence-electron chi connectivity index (χ0n) is 16.8. The van der Waals surface area contributed by atoms with E-state index in [-0.39, 0.29) is 15.9 Å². The van der Waals surface area contributed by atoms with Gasteiger partial charge in [-0.3, -0.25) is 0 Å². The van der Waals surface area contributed by atoms with Crippen LogP contribution >= 0.6 is 25.3 Å². The van der Waals surface area contributed by atoms with Crippen molar-refractivity contribution in [2.45, 2.75) is 56.5 Å². The van der Waals surface area contributed by atoms with Gasteiger partial charge in [0.2, 0.25) is 0 Å².